The summed E-state index contributed by atoms with van der Waals surface area (Å²) in [7, 11) is 3.21. The smallest absolute Gasteiger partial charge is 0.326 e. The van der Waals surface area contributed by atoms with Crippen LogP contribution in [0.25, 0.3) is 0 Å². The van der Waals surface area contributed by atoms with Gasteiger partial charge in [0.15, 0.2) is 0 Å². The minimum Gasteiger partial charge on any atom is -0.480 e. The van der Waals surface area contributed by atoms with Crippen LogP contribution in [0.15, 0.2) is 0 Å². The summed E-state index contributed by atoms with van der Waals surface area (Å²) in [4.78, 5) is 11.0. The Balaban J connectivity index is 2.51. The van der Waals surface area contributed by atoms with Crippen LogP contribution in [0.3, 0.4) is 0 Å². The normalized spacial score (nSPS) is 12.4. The van der Waals surface area contributed by atoms with E-state index in [0.717, 1.165) is 0 Å². The van der Waals surface area contributed by atoms with Crippen LogP contribution in [0.2, 0.25) is 0 Å². The Morgan fingerprint density at radius 1 is 1.69 bits per heavy atom. The maximum atomic E-state index is 11.0. The number of hydrogen-bond donors (Lipinski definition) is 2. The standard InChI is InChI=1S/C8H15N5O3/c1-13-8(10-11-12-13)9-6(7(14)15)4-3-5-16-2/h6H,3-5H2,1-2H3,(H,14,15)(H,9,10,12). The lowest BCUT2D eigenvalue weighted by molar-refractivity contribution is -0.138. The van der Waals surface area contributed by atoms with Crippen LogP contribution >= 0.6 is 0 Å². The molecule has 1 heterocycles. The summed E-state index contributed by atoms with van der Waals surface area (Å²) in [6, 6.07) is -0.708. The third-order valence-corrected chi connectivity index (χ3v) is 2.06. The highest BCUT2D eigenvalue weighted by molar-refractivity contribution is 5.76. The molecular weight excluding hydrogens is 214 g/mol. The number of carboxylic acid groups (broad SMARTS) is 1. The first kappa shape index (κ1) is 12.4. The van der Waals surface area contributed by atoms with Crippen molar-refractivity contribution in [1.29, 1.82) is 0 Å². The van der Waals surface area contributed by atoms with E-state index in [2.05, 4.69) is 20.8 Å². The second-order valence-corrected chi connectivity index (χ2v) is 3.30. The molecule has 8 nitrogen and oxygen atoms in total. The molecule has 0 aliphatic carbocycles. The quantitative estimate of drug-likeness (QED) is 0.608. The average molecular weight is 229 g/mol. The number of aromatic nitrogens is 4. The van der Waals surface area contributed by atoms with Crippen LogP contribution in [-0.2, 0) is 16.6 Å². The molecule has 0 bridgehead atoms. The summed E-state index contributed by atoms with van der Waals surface area (Å²) in [5, 5.41) is 22.4. The Morgan fingerprint density at radius 2 is 2.44 bits per heavy atom. The number of methoxy groups -OCH3 is 1. The van der Waals surface area contributed by atoms with Crippen molar-refractivity contribution in [3.8, 4) is 0 Å². The van der Waals surface area contributed by atoms with Gasteiger partial charge in [0.2, 0.25) is 5.95 Å². The zero-order valence-corrected chi connectivity index (χ0v) is 9.25. The van der Waals surface area contributed by atoms with Crippen molar-refractivity contribution in [3.63, 3.8) is 0 Å². The van der Waals surface area contributed by atoms with Gasteiger partial charge in [-0.15, -0.1) is 0 Å². The summed E-state index contributed by atoms with van der Waals surface area (Å²) < 4.78 is 6.25. The van der Waals surface area contributed by atoms with E-state index in [1.165, 1.54) is 4.68 Å². The van der Waals surface area contributed by atoms with Gasteiger partial charge < -0.3 is 15.2 Å². The lowest BCUT2D eigenvalue weighted by Crippen LogP contribution is -2.30. The van der Waals surface area contributed by atoms with E-state index < -0.39 is 12.0 Å². The molecule has 1 aromatic heterocycles. The number of aryl methyl sites for hydroxylation is 1. The van der Waals surface area contributed by atoms with Crippen LogP contribution < -0.4 is 5.32 Å². The molecule has 1 atom stereocenters. The molecular formula is C8H15N5O3. The number of ether oxygens (including phenoxy) is 1. The zero-order valence-electron chi connectivity index (χ0n) is 9.25. The van der Waals surface area contributed by atoms with Gasteiger partial charge in [0.1, 0.15) is 6.04 Å². The van der Waals surface area contributed by atoms with E-state index in [1.807, 2.05) is 0 Å². The third-order valence-electron chi connectivity index (χ3n) is 2.06. The molecule has 16 heavy (non-hydrogen) atoms. The van der Waals surface area contributed by atoms with Gasteiger partial charge in [-0.25, -0.2) is 9.48 Å². The molecule has 0 saturated carbocycles. The van der Waals surface area contributed by atoms with Gasteiger partial charge >= 0.3 is 5.97 Å². The molecule has 90 valence electrons. The number of nitrogens with zero attached hydrogens (tertiary/aromatic N) is 4. The van der Waals surface area contributed by atoms with Gasteiger partial charge in [0, 0.05) is 20.8 Å². The highest BCUT2D eigenvalue weighted by Gasteiger charge is 2.18. The number of aliphatic carboxylic acids is 1. The Kier molecular flexibility index (Phi) is 4.65. The molecule has 0 aliphatic rings. The van der Waals surface area contributed by atoms with Crippen LogP contribution in [0, 0.1) is 0 Å². The molecule has 0 spiro atoms. The fourth-order valence-corrected chi connectivity index (χ4v) is 1.20. The maximum absolute atomic E-state index is 11.0. The lowest BCUT2D eigenvalue weighted by Gasteiger charge is -2.13. The van der Waals surface area contributed by atoms with Crippen LogP contribution in [0.1, 0.15) is 12.8 Å². The Morgan fingerprint density at radius 3 is 2.94 bits per heavy atom. The highest BCUT2D eigenvalue weighted by Crippen LogP contribution is 2.05. The van der Waals surface area contributed by atoms with Crippen LogP contribution in [0.4, 0.5) is 5.95 Å². The van der Waals surface area contributed by atoms with E-state index in [4.69, 9.17) is 9.84 Å². The predicted octanol–water partition coefficient (Wildman–Crippen LogP) is -0.498. The van der Waals surface area contributed by atoms with Crippen molar-refractivity contribution in [3.05, 3.63) is 0 Å². The number of rotatable bonds is 7. The second-order valence-electron chi connectivity index (χ2n) is 3.30. The molecule has 0 radical (unpaired) electrons. The first-order valence-electron chi connectivity index (χ1n) is 4.85. The molecule has 0 fully saturated rings. The van der Waals surface area contributed by atoms with E-state index >= 15 is 0 Å². The van der Waals surface area contributed by atoms with E-state index in [9.17, 15) is 4.79 Å². The first-order chi connectivity index (χ1) is 7.65. The second kappa shape index (κ2) is 6.01. The highest BCUT2D eigenvalue weighted by atomic mass is 16.5. The molecule has 0 aromatic carbocycles. The Bertz CT molecular complexity index is 340. The summed E-state index contributed by atoms with van der Waals surface area (Å²) in [6.45, 7) is 0.530. The molecule has 2 N–H and O–H groups in total. The van der Waals surface area contributed by atoms with Crippen molar-refractivity contribution in [2.75, 3.05) is 19.0 Å². The fraction of sp³-hybridized carbons (Fsp3) is 0.750. The van der Waals surface area contributed by atoms with Gasteiger partial charge in [-0.3, -0.25) is 0 Å². The summed E-state index contributed by atoms with van der Waals surface area (Å²) in [5.74, 6) is -0.594. The maximum Gasteiger partial charge on any atom is 0.326 e. The van der Waals surface area contributed by atoms with Crippen molar-refractivity contribution in [2.45, 2.75) is 18.9 Å². The van der Waals surface area contributed by atoms with Crippen LogP contribution in [0.5, 0.6) is 0 Å². The number of nitrogens with one attached hydrogen (secondary N) is 1. The van der Waals surface area contributed by atoms with Gasteiger partial charge in [-0.2, -0.15) is 0 Å². The molecule has 0 amide bonds. The lowest BCUT2D eigenvalue weighted by atomic mass is 10.1. The number of anilines is 1. The third kappa shape index (κ3) is 3.46. The molecule has 1 rings (SSSR count). The van der Waals surface area contributed by atoms with Crippen molar-refractivity contribution < 1.29 is 14.6 Å². The monoisotopic (exact) mass is 229 g/mol. The minimum atomic E-state index is -0.931. The molecule has 8 heteroatoms. The first-order valence-corrected chi connectivity index (χ1v) is 4.85. The summed E-state index contributed by atoms with van der Waals surface area (Å²) >= 11 is 0. The van der Waals surface area contributed by atoms with E-state index in [0.29, 0.717) is 25.4 Å². The number of tetrazole rings is 1. The number of carbonyl (C=O) groups is 1. The molecule has 0 aliphatic heterocycles. The summed E-state index contributed by atoms with van der Waals surface area (Å²) in [5.41, 5.74) is 0. The van der Waals surface area contributed by atoms with Gasteiger partial charge in [0.05, 0.1) is 0 Å². The van der Waals surface area contributed by atoms with Gasteiger partial charge in [-0.05, 0) is 23.3 Å². The average Bonchev–Trinajstić information content (AvgIpc) is 2.63. The number of carboxylic acids is 1. The topological polar surface area (TPSA) is 102 Å². The van der Waals surface area contributed by atoms with Gasteiger partial charge in [0.25, 0.3) is 0 Å². The molecule has 0 saturated heterocycles. The van der Waals surface area contributed by atoms with Gasteiger partial charge in [-0.1, -0.05) is 5.10 Å². The SMILES string of the molecule is COCCCC(Nc1nnnn1C)C(=O)O. The molecule has 1 aromatic rings. The van der Waals surface area contributed by atoms with Crippen molar-refractivity contribution in [1.82, 2.24) is 20.2 Å². The van der Waals surface area contributed by atoms with E-state index in [-0.39, 0.29) is 0 Å². The Hall–Kier alpha value is -1.70. The van der Waals surface area contributed by atoms with Crippen molar-refractivity contribution >= 4 is 11.9 Å². The van der Waals surface area contributed by atoms with Crippen molar-refractivity contribution in [2.24, 2.45) is 7.05 Å². The Labute approximate surface area is 92.6 Å². The predicted molar refractivity (Wildman–Crippen MR) is 55.0 cm³/mol. The van der Waals surface area contributed by atoms with E-state index in [1.54, 1.807) is 14.2 Å². The van der Waals surface area contributed by atoms with Crippen LogP contribution in [-0.4, -0.2) is 51.0 Å². The number of hydrogen-bond acceptors (Lipinski definition) is 6. The fourth-order valence-electron chi connectivity index (χ4n) is 1.20. The summed E-state index contributed by atoms with van der Waals surface area (Å²) in [6.07, 6.45) is 1.11. The zero-order chi connectivity index (χ0) is 12.0. The minimum absolute atomic E-state index is 0.338. The molecule has 1 unspecified atom stereocenters. The largest absolute Gasteiger partial charge is 0.480 e.